The Morgan fingerprint density at radius 3 is 2.67 bits per heavy atom. The highest BCUT2D eigenvalue weighted by atomic mass is 35.5. The molecule has 142 valence electrons. The zero-order valence-electron chi connectivity index (χ0n) is 15.8. The van der Waals surface area contributed by atoms with Crippen molar-refractivity contribution < 1.29 is 4.21 Å². The number of amidine groups is 1. The van der Waals surface area contributed by atoms with Crippen LogP contribution in [0, 0.1) is 11.8 Å². The second kappa shape index (κ2) is 6.66. The van der Waals surface area contributed by atoms with Gasteiger partial charge >= 0.3 is 0 Å². The largest absolute Gasteiger partial charge is 0.386 e. The van der Waals surface area contributed by atoms with Gasteiger partial charge in [-0.25, -0.2) is 0 Å². The van der Waals surface area contributed by atoms with Crippen molar-refractivity contribution in [3.8, 4) is 22.3 Å². The van der Waals surface area contributed by atoms with Crippen molar-refractivity contribution in [1.29, 1.82) is 0 Å². The first-order chi connectivity index (χ1) is 12.5. The van der Waals surface area contributed by atoms with Gasteiger partial charge in [0.1, 0.15) is 11.4 Å². The van der Waals surface area contributed by atoms with Gasteiger partial charge in [-0.1, -0.05) is 17.5 Å². The van der Waals surface area contributed by atoms with Gasteiger partial charge in [-0.05, 0) is 55.2 Å². The third-order valence-electron chi connectivity index (χ3n) is 4.90. The zero-order valence-corrected chi connectivity index (χ0v) is 18.2. The molecule has 1 aliphatic heterocycles. The van der Waals surface area contributed by atoms with Gasteiger partial charge in [-0.3, -0.25) is 14.2 Å². The maximum atomic E-state index is 13.2. The van der Waals surface area contributed by atoms with Crippen LogP contribution in [-0.4, -0.2) is 31.4 Å². The van der Waals surface area contributed by atoms with Crippen molar-refractivity contribution in [3.05, 3.63) is 40.0 Å². The summed E-state index contributed by atoms with van der Waals surface area (Å²) in [5.74, 6) is 10.5. The van der Waals surface area contributed by atoms with Crippen molar-refractivity contribution in [2.45, 2.75) is 38.0 Å². The molecule has 3 rings (SSSR count). The number of hydrogen-bond donors (Lipinski definition) is 1. The number of aromatic nitrogens is 1. The smallest absolute Gasteiger partial charge is 0.113 e. The average Bonchev–Trinajstić information content (AvgIpc) is 2.96. The maximum absolute atomic E-state index is 13.2. The molecule has 0 spiro atoms. The predicted octanol–water partition coefficient (Wildman–Crippen LogP) is 3.92. The van der Waals surface area contributed by atoms with Crippen LogP contribution in [0.3, 0.4) is 0 Å². The highest BCUT2D eigenvalue weighted by Crippen LogP contribution is 2.45. The van der Waals surface area contributed by atoms with Crippen molar-refractivity contribution >= 4 is 44.2 Å². The standard InChI is InChI=1S/C20H22ClN3OS2/c1-6-7-13-8-14(11-23-10-13)16-9-15(21)17(26-16)20(4)12-27(5,25)19(2,3)18(22)24-20/h8-11H,5,12H2,1-4H3,(H2,22,24)/t20-,27?/m0/s1. The van der Waals surface area contributed by atoms with E-state index in [0.717, 1.165) is 20.9 Å². The Kier molecular flexibility index (Phi) is 4.92. The number of nitrogens with zero attached hydrogens (tertiary/aromatic N) is 2. The highest BCUT2D eigenvalue weighted by molar-refractivity contribution is 8.02. The molecule has 0 saturated carbocycles. The second-order valence-electron chi connectivity index (χ2n) is 7.36. The van der Waals surface area contributed by atoms with E-state index in [1.165, 1.54) is 11.3 Å². The number of rotatable bonds is 2. The molecule has 0 bridgehead atoms. The van der Waals surface area contributed by atoms with E-state index in [2.05, 4.69) is 22.7 Å². The van der Waals surface area contributed by atoms with Crippen LogP contribution in [0.2, 0.25) is 5.02 Å². The molecular weight excluding hydrogens is 398 g/mol. The summed E-state index contributed by atoms with van der Waals surface area (Å²) >= 11 is 8.08. The Bertz CT molecular complexity index is 1100. The Balaban J connectivity index is 2.11. The molecule has 0 fully saturated rings. The molecule has 0 radical (unpaired) electrons. The Morgan fingerprint density at radius 2 is 2.04 bits per heavy atom. The van der Waals surface area contributed by atoms with E-state index in [1.54, 1.807) is 19.3 Å². The lowest BCUT2D eigenvalue weighted by Gasteiger charge is -2.40. The number of aliphatic imine (C=N–C) groups is 1. The third-order valence-corrected chi connectivity index (χ3v) is 9.84. The van der Waals surface area contributed by atoms with Crippen molar-refractivity contribution in [3.63, 3.8) is 0 Å². The summed E-state index contributed by atoms with van der Waals surface area (Å²) in [6.45, 7) is 7.36. The first-order valence-electron chi connectivity index (χ1n) is 8.38. The zero-order chi connectivity index (χ0) is 20.0. The normalized spacial score (nSPS) is 26.8. The van der Waals surface area contributed by atoms with Gasteiger partial charge in [0.25, 0.3) is 0 Å². The molecule has 0 aliphatic carbocycles. The van der Waals surface area contributed by atoms with Crippen LogP contribution >= 0.6 is 22.9 Å². The molecule has 2 aromatic rings. The molecule has 0 amide bonds. The molecule has 2 aromatic heterocycles. The average molecular weight is 420 g/mol. The maximum Gasteiger partial charge on any atom is 0.113 e. The van der Waals surface area contributed by atoms with Crippen LogP contribution in [0.1, 0.15) is 38.1 Å². The lowest BCUT2D eigenvalue weighted by molar-refractivity contribution is 0.543. The third kappa shape index (κ3) is 3.40. The minimum atomic E-state index is -2.49. The summed E-state index contributed by atoms with van der Waals surface area (Å²) in [5.41, 5.74) is 7.19. The van der Waals surface area contributed by atoms with Gasteiger partial charge in [0, 0.05) is 34.2 Å². The molecule has 0 aromatic carbocycles. The Hall–Kier alpha value is -1.81. The van der Waals surface area contributed by atoms with Gasteiger partial charge in [0.2, 0.25) is 0 Å². The molecular formula is C20H22ClN3OS2. The van der Waals surface area contributed by atoms with Gasteiger partial charge in [0.05, 0.1) is 14.6 Å². The Morgan fingerprint density at radius 1 is 1.33 bits per heavy atom. The predicted molar refractivity (Wildman–Crippen MR) is 118 cm³/mol. The molecule has 1 unspecified atom stereocenters. The molecule has 7 heteroatoms. The van der Waals surface area contributed by atoms with Gasteiger partial charge in [-0.15, -0.1) is 17.3 Å². The van der Waals surface area contributed by atoms with Gasteiger partial charge in [-0.2, -0.15) is 0 Å². The van der Waals surface area contributed by atoms with Gasteiger partial charge < -0.3 is 5.73 Å². The van der Waals surface area contributed by atoms with E-state index in [-0.39, 0.29) is 0 Å². The van der Waals surface area contributed by atoms with Crippen LogP contribution < -0.4 is 5.73 Å². The van der Waals surface area contributed by atoms with Crippen LogP contribution in [0.4, 0.5) is 0 Å². The highest BCUT2D eigenvalue weighted by Gasteiger charge is 2.46. The fraction of sp³-hybridized carbons (Fsp3) is 0.350. The first kappa shape index (κ1) is 19.9. The van der Waals surface area contributed by atoms with Gasteiger partial charge in [0.15, 0.2) is 0 Å². The Labute approximate surface area is 169 Å². The fourth-order valence-corrected chi connectivity index (χ4v) is 6.65. The van der Waals surface area contributed by atoms with Crippen molar-refractivity contribution in [1.82, 2.24) is 4.98 Å². The molecule has 4 nitrogen and oxygen atoms in total. The number of hydrogen-bond acceptors (Lipinski definition) is 5. The molecule has 3 heterocycles. The van der Waals surface area contributed by atoms with E-state index in [1.807, 2.05) is 32.9 Å². The summed E-state index contributed by atoms with van der Waals surface area (Å²) in [4.78, 5) is 10.8. The number of halogens is 1. The van der Waals surface area contributed by atoms with Crippen molar-refractivity contribution in [2.24, 2.45) is 10.7 Å². The fourth-order valence-electron chi connectivity index (χ4n) is 3.04. The quantitative estimate of drug-likeness (QED) is 0.592. The van der Waals surface area contributed by atoms with Crippen LogP contribution in [0.5, 0.6) is 0 Å². The topological polar surface area (TPSA) is 68.3 Å². The number of nitrogens with two attached hydrogens (primary N) is 1. The van der Waals surface area contributed by atoms with Crippen LogP contribution in [0.15, 0.2) is 29.5 Å². The lowest BCUT2D eigenvalue weighted by atomic mass is 10.0. The molecule has 2 N–H and O–H groups in total. The summed E-state index contributed by atoms with van der Waals surface area (Å²) in [6.07, 6.45) is 3.50. The lowest BCUT2D eigenvalue weighted by Crippen LogP contribution is -2.54. The number of pyridine rings is 1. The SMILES string of the molecule is C=S1(=O)C[C@@](C)(c2sc(-c3cncc(C#CC)c3)cc2Cl)N=C(N)C1(C)C. The monoisotopic (exact) mass is 419 g/mol. The minimum absolute atomic E-state index is 0.299. The van der Waals surface area contributed by atoms with E-state index >= 15 is 0 Å². The molecule has 1 aliphatic rings. The van der Waals surface area contributed by atoms with E-state index in [4.69, 9.17) is 22.3 Å². The summed E-state index contributed by atoms with van der Waals surface area (Å²) in [7, 11) is -2.49. The first-order valence-corrected chi connectivity index (χ1v) is 11.5. The van der Waals surface area contributed by atoms with E-state index in [9.17, 15) is 4.21 Å². The van der Waals surface area contributed by atoms with E-state index < -0.39 is 19.8 Å². The summed E-state index contributed by atoms with van der Waals surface area (Å²) < 4.78 is 12.5. The number of thiophene rings is 1. The summed E-state index contributed by atoms with van der Waals surface area (Å²) in [6, 6.07) is 3.87. The minimum Gasteiger partial charge on any atom is -0.386 e. The summed E-state index contributed by atoms with van der Waals surface area (Å²) in [5, 5.41) is 0.580. The van der Waals surface area contributed by atoms with Crippen LogP contribution in [0.25, 0.3) is 10.4 Å². The molecule has 0 saturated heterocycles. The second-order valence-corrected chi connectivity index (χ2v) is 11.8. The van der Waals surface area contributed by atoms with Crippen molar-refractivity contribution in [2.75, 3.05) is 5.75 Å². The van der Waals surface area contributed by atoms with Crippen LogP contribution in [-0.2, 0) is 15.1 Å². The van der Waals surface area contributed by atoms with E-state index in [0.29, 0.717) is 16.6 Å². The molecule has 27 heavy (non-hydrogen) atoms. The molecule has 2 atom stereocenters.